The Bertz CT molecular complexity index is 856. The lowest BCUT2D eigenvalue weighted by Crippen LogP contribution is -2.45. The summed E-state index contributed by atoms with van der Waals surface area (Å²) in [5.74, 6) is 0. The summed E-state index contributed by atoms with van der Waals surface area (Å²) in [5.41, 5.74) is 0.629. The van der Waals surface area contributed by atoms with E-state index in [2.05, 4.69) is 48.8 Å². The first-order chi connectivity index (χ1) is 11.5. The molecule has 9 heteroatoms. The maximum Gasteiger partial charge on any atom is 0.328 e. The Morgan fingerprint density at radius 3 is 2.56 bits per heavy atom. The second kappa shape index (κ2) is 6.37. The van der Waals surface area contributed by atoms with Crippen LogP contribution >= 0.6 is 23.2 Å². The quantitative estimate of drug-likeness (QED) is 0.464. The molecular formula is C16H24Cl2N4O2Si. The fraction of sp³-hybridized carbons (Fsp3) is 0.688. The molecule has 138 valence electrons. The maximum absolute atomic E-state index is 12.6. The zero-order valence-corrected chi connectivity index (χ0v) is 17.7. The Kier molecular flexibility index (Phi) is 4.81. The molecular weight excluding hydrogens is 379 g/mol. The first kappa shape index (κ1) is 18.9. The van der Waals surface area contributed by atoms with Crippen molar-refractivity contribution in [3.8, 4) is 0 Å². The normalized spacial score (nSPS) is 22.0. The van der Waals surface area contributed by atoms with Crippen molar-refractivity contribution in [2.45, 2.75) is 70.3 Å². The first-order valence-corrected chi connectivity index (χ1v) is 12.2. The molecule has 0 saturated heterocycles. The Hall–Kier alpha value is -0.893. The van der Waals surface area contributed by atoms with Crippen LogP contribution in [0.4, 0.5) is 0 Å². The highest BCUT2D eigenvalue weighted by Gasteiger charge is 2.43. The summed E-state index contributed by atoms with van der Waals surface area (Å²) in [6.45, 7) is 11.1. The molecule has 0 aliphatic heterocycles. The summed E-state index contributed by atoms with van der Waals surface area (Å²) in [6, 6.07) is -0.0718. The van der Waals surface area contributed by atoms with Gasteiger partial charge in [-0.05, 0) is 49.0 Å². The molecule has 0 spiro atoms. The zero-order valence-electron chi connectivity index (χ0n) is 15.2. The van der Waals surface area contributed by atoms with Crippen LogP contribution < -0.4 is 5.69 Å². The molecule has 1 N–H and O–H groups in total. The minimum Gasteiger partial charge on any atom is -0.412 e. The predicted molar refractivity (Wildman–Crippen MR) is 103 cm³/mol. The van der Waals surface area contributed by atoms with Gasteiger partial charge in [0, 0.05) is 0 Å². The summed E-state index contributed by atoms with van der Waals surface area (Å²) in [5, 5.41) is 0.302. The standard InChI is InChI=1S/C16H24Cl2N4O2Si/c1-16(2,3)25(4,5)24-10-8-6-7-9(10)22-13-11(19-15(22)23)12(17)20-14(18)21-13/h9-10H,6-8H2,1-5H3,(H,19,23)/t9-,10-/m0/s1. The van der Waals surface area contributed by atoms with Gasteiger partial charge in [0.1, 0.15) is 5.52 Å². The number of halogens is 2. The van der Waals surface area contributed by atoms with Crippen molar-refractivity contribution in [3.05, 3.63) is 20.9 Å². The molecule has 25 heavy (non-hydrogen) atoms. The lowest BCUT2D eigenvalue weighted by atomic mass is 10.2. The zero-order chi connectivity index (χ0) is 18.6. The third-order valence-corrected chi connectivity index (χ3v) is 10.4. The van der Waals surface area contributed by atoms with Crippen LogP contribution in [-0.2, 0) is 4.43 Å². The van der Waals surface area contributed by atoms with Crippen LogP contribution in [0.1, 0.15) is 46.1 Å². The molecule has 0 radical (unpaired) electrons. The third kappa shape index (κ3) is 3.39. The maximum atomic E-state index is 12.6. The van der Waals surface area contributed by atoms with E-state index >= 15 is 0 Å². The van der Waals surface area contributed by atoms with Gasteiger partial charge in [0.25, 0.3) is 0 Å². The summed E-state index contributed by atoms with van der Waals surface area (Å²) < 4.78 is 8.27. The van der Waals surface area contributed by atoms with Gasteiger partial charge < -0.3 is 9.41 Å². The van der Waals surface area contributed by atoms with Gasteiger partial charge in [-0.1, -0.05) is 32.4 Å². The fourth-order valence-corrected chi connectivity index (χ4v) is 4.95. The summed E-state index contributed by atoms with van der Waals surface area (Å²) >= 11 is 12.1. The van der Waals surface area contributed by atoms with E-state index in [1.54, 1.807) is 4.57 Å². The fourth-order valence-electron chi connectivity index (χ4n) is 3.14. The van der Waals surface area contributed by atoms with Crippen LogP contribution in [0.2, 0.25) is 28.6 Å². The van der Waals surface area contributed by atoms with Crippen molar-refractivity contribution >= 4 is 42.7 Å². The Morgan fingerprint density at radius 2 is 1.92 bits per heavy atom. The molecule has 0 amide bonds. The number of hydrogen-bond donors (Lipinski definition) is 1. The van der Waals surface area contributed by atoms with E-state index in [9.17, 15) is 4.79 Å². The number of aromatic nitrogens is 4. The molecule has 6 nitrogen and oxygen atoms in total. The Balaban J connectivity index is 2.03. The van der Waals surface area contributed by atoms with Crippen LogP contribution in [-0.4, -0.2) is 33.9 Å². The summed E-state index contributed by atoms with van der Waals surface area (Å²) in [6.07, 6.45) is 2.80. The number of rotatable bonds is 3. The average molecular weight is 403 g/mol. The number of fused-ring (bicyclic) bond motifs is 1. The van der Waals surface area contributed by atoms with E-state index in [-0.39, 0.29) is 33.3 Å². The molecule has 1 saturated carbocycles. The van der Waals surface area contributed by atoms with Gasteiger partial charge in [0.15, 0.2) is 19.1 Å². The number of imidazole rings is 1. The molecule has 1 aliphatic rings. The summed E-state index contributed by atoms with van der Waals surface area (Å²) in [7, 11) is -1.94. The van der Waals surface area contributed by atoms with Crippen molar-refractivity contribution in [2.75, 3.05) is 0 Å². The Morgan fingerprint density at radius 1 is 1.24 bits per heavy atom. The third-order valence-electron chi connectivity index (χ3n) is 5.50. The van der Waals surface area contributed by atoms with Gasteiger partial charge in [-0.2, -0.15) is 4.98 Å². The highest BCUT2D eigenvalue weighted by atomic mass is 35.5. The van der Waals surface area contributed by atoms with E-state index < -0.39 is 8.32 Å². The van der Waals surface area contributed by atoms with Gasteiger partial charge in [0.2, 0.25) is 5.28 Å². The predicted octanol–water partition coefficient (Wildman–Crippen LogP) is 4.54. The van der Waals surface area contributed by atoms with Gasteiger partial charge in [-0.15, -0.1) is 0 Å². The van der Waals surface area contributed by atoms with E-state index in [0.29, 0.717) is 11.2 Å². The summed E-state index contributed by atoms with van der Waals surface area (Å²) in [4.78, 5) is 23.5. The van der Waals surface area contributed by atoms with Crippen LogP contribution in [0.15, 0.2) is 4.79 Å². The number of hydrogen-bond acceptors (Lipinski definition) is 4. The van der Waals surface area contributed by atoms with Crippen LogP contribution in [0.3, 0.4) is 0 Å². The number of aromatic amines is 1. The van der Waals surface area contributed by atoms with Gasteiger partial charge in [0.05, 0.1) is 12.1 Å². The van der Waals surface area contributed by atoms with Crippen molar-refractivity contribution in [1.29, 1.82) is 0 Å². The van der Waals surface area contributed by atoms with E-state index in [4.69, 9.17) is 27.6 Å². The molecule has 2 aromatic rings. The van der Waals surface area contributed by atoms with E-state index in [0.717, 1.165) is 19.3 Å². The number of nitrogens with zero attached hydrogens (tertiary/aromatic N) is 3. The first-order valence-electron chi connectivity index (χ1n) is 8.52. The highest BCUT2D eigenvalue weighted by molar-refractivity contribution is 6.74. The molecule has 1 aliphatic carbocycles. The van der Waals surface area contributed by atoms with Gasteiger partial charge in [-0.25, -0.2) is 9.78 Å². The molecule has 2 aromatic heterocycles. The number of H-pyrrole nitrogens is 1. The molecule has 1 fully saturated rings. The van der Waals surface area contributed by atoms with Crippen LogP contribution in [0.25, 0.3) is 11.2 Å². The largest absolute Gasteiger partial charge is 0.412 e. The molecule has 2 heterocycles. The second-order valence-corrected chi connectivity index (χ2v) is 13.6. The molecule has 3 rings (SSSR count). The van der Waals surface area contributed by atoms with Crippen molar-refractivity contribution < 1.29 is 4.43 Å². The SMILES string of the molecule is CC(C)(C)[Si](C)(C)O[C@H]1CCC[C@@H]1n1c(=O)[nH]c2c(Cl)nc(Cl)nc21. The van der Waals surface area contributed by atoms with Crippen molar-refractivity contribution in [2.24, 2.45) is 0 Å². The van der Waals surface area contributed by atoms with E-state index in [1.807, 2.05) is 0 Å². The Labute approximate surface area is 158 Å². The minimum atomic E-state index is -1.94. The highest BCUT2D eigenvalue weighted by Crippen LogP contribution is 2.42. The van der Waals surface area contributed by atoms with E-state index in [1.165, 1.54) is 0 Å². The smallest absolute Gasteiger partial charge is 0.328 e. The topological polar surface area (TPSA) is 72.8 Å². The second-order valence-electron chi connectivity index (χ2n) is 8.20. The molecule has 0 bridgehead atoms. The molecule has 0 unspecified atom stereocenters. The minimum absolute atomic E-state index is 0.00916. The van der Waals surface area contributed by atoms with Crippen LogP contribution in [0.5, 0.6) is 0 Å². The monoisotopic (exact) mass is 402 g/mol. The van der Waals surface area contributed by atoms with Gasteiger partial charge >= 0.3 is 5.69 Å². The van der Waals surface area contributed by atoms with Crippen molar-refractivity contribution in [1.82, 2.24) is 19.5 Å². The molecule has 2 atom stereocenters. The van der Waals surface area contributed by atoms with Crippen molar-refractivity contribution in [3.63, 3.8) is 0 Å². The molecule has 0 aromatic carbocycles. The lowest BCUT2D eigenvalue weighted by molar-refractivity contribution is 0.144. The van der Waals surface area contributed by atoms with Gasteiger partial charge in [-0.3, -0.25) is 4.57 Å². The average Bonchev–Trinajstić information content (AvgIpc) is 3.01. The lowest BCUT2D eigenvalue weighted by Gasteiger charge is -2.40. The van der Waals surface area contributed by atoms with Crippen LogP contribution in [0, 0.1) is 0 Å². The number of nitrogens with one attached hydrogen (secondary N) is 1.